The molecule has 0 spiro atoms. The lowest BCUT2D eigenvalue weighted by atomic mass is 10.0. The second kappa shape index (κ2) is 3.59. The van der Waals surface area contributed by atoms with Crippen LogP contribution in [0.4, 0.5) is 0 Å². The van der Waals surface area contributed by atoms with E-state index in [1.807, 2.05) is 12.3 Å². The molecular weight excluding hydrogens is 200 g/mol. The summed E-state index contributed by atoms with van der Waals surface area (Å²) in [5.74, 6) is 0.919. The zero-order valence-corrected chi connectivity index (χ0v) is 9.10. The van der Waals surface area contributed by atoms with E-state index in [1.165, 1.54) is 5.56 Å². The Balaban J connectivity index is 2.28. The lowest BCUT2D eigenvalue weighted by molar-refractivity contribution is 0.326. The normalized spacial score (nSPS) is 13.3. The van der Waals surface area contributed by atoms with Crippen molar-refractivity contribution in [3.8, 4) is 17.0 Å². The van der Waals surface area contributed by atoms with Crippen LogP contribution in [-0.2, 0) is 6.42 Å². The van der Waals surface area contributed by atoms with Gasteiger partial charge in [0.15, 0.2) is 0 Å². The molecule has 0 fully saturated rings. The fraction of sp³-hybridized carbons (Fsp3) is 0.231. The molecule has 0 N–H and O–H groups in total. The first-order valence-electron chi connectivity index (χ1n) is 5.37. The third kappa shape index (κ3) is 1.45. The second-order valence-electron chi connectivity index (χ2n) is 3.99. The maximum Gasteiger partial charge on any atom is 0.128 e. The first-order valence-corrected chi connectivity index (χ1v) is 5.37. The highest BCUT2D eigenvalue weighted by Gasteiger charge is 2.16. The third-order valence-corrected chi connectivity index (χ3v) is 2.81. The predicted molar refractivity (Wildman–Crippen MR) is 61.4 cm³/mol. The highest BCUT2D eigenvalue weighted by molar-refractivity contribution is 5.71. The van der Waals surface area contributed by atoms with E-state index in [0.717, 1.165) is 29.0 Å². The van der Waals surface area contributed by atoms with Crippen molar-refractivity contribution >= 4 is 0 Å². The van der Waals surface area contributed by atoms with Crippen molar-refractivity contribution in [3.63, 3.8) is 0 Å². The Morgan fingerprint density at radius 3 is 3.19 bits per heavy atom. The molecule has 0 atom stereocenters. The number of aromatic nitrogens is 2. The Hall–Kier alpha value is -1.90. The Bertz CT molecular complexity index is 537. The molecule has 0 bridgehead atoms. The van der Waals surface area contributed by atoms with Gasteiger partial charge in [-0.2, -0.15) is 0 Å². The van der Waals surface area contributed by atoms with E-state index in [-0.39, 0.29) is 0 Å². The van der Waals surface area contributed by atoms with Crippen molar-refractivity contribution in [2.24, 2.45) is 0 Å². The molecule has 0 radical (unpaired) electrons. The number of ether oxygens (including phenoxy) is 1. The molecule has 3 rings (SSSR count). The van der Waals surface area contributed by atoms with E-state index in [2.05, 4.69) is 29.0 Å². The smallest absolute Gasteiger partial charge is 0.128 e. The summed E-state index contributed by atoms with van der Waals surface area (Å²) in [6.45, 7) is 2.77. The van der Waals surface area contributed by atoms with Crippen LogP contribution in [0.25, 0.3) is 11.3 Å². The minimum Gasteiger partial charge on any atom is -0.493 e. The zero-order valence-electron chi connectivity index (χ0n) is 9.10. The Labute approximate surface area is 94.1 Å². The molecule has 0 aliphatic carbocycles. The lowest BCUT2D eigenvalue weighted by Gasteiger charge is -2.07. The van der Waals surface area contributed by atoms with E-state index in [1.54, 1.807) is 6.33 Å². The van der Waals surface area contributed by atoms with E-state index in [0.29, 0.717) is 6.61 Å². The van der Waals surface area contributed by atoms with Gasteiger partial charge in [0.1, 0.15) is 12.1 Å². The molecule has 16 heavy (non-hydrogen) atoms. The van der Waals surface area contributed by atoms with Crippen LogP contribution in [0, 0.1) is 6.92 Å². The highest BCUT2D eigenvalue weighted by Crippen LogP contribution is 2.33. The van der Waals surface area contributed by atoms with Crippen LogP contribution in [0.2, 0.25) is 0 Å². The second-order valence-corrected chi connectivity index (χ2v) is 3.99. The van der Waals surface area contributed by atoms with Crippen LogP contribution in [-0.4, -0.2) is 16.6 Å². The number of fused-ring (bicyclic) bond motifs is 3. The molecule has 1 aromatic heterocycles. The van der Waals surface area contributed by atoms with Gasteiger partial charge in [0.2, 0.25) is 0 Å². The molecule has 1 aromatic carbocycles. The van der Waals surface area contributed by atoms with Crippen LogP contribution < -0.4 is 4.74 Å². The minimum absolute atomic E-state index is 0.691. The molecule has 2 aromatic rings. The maximum absolute atomic E-state index is 5.72. The van der Waals surface area contributed by atoms with Crippen LogP contribution >= 0.6 is 0 Å². The summed E-state index contributed by atoms with van der Waals surface area (Å²) in [6, 6.07) is 6.19. The molecule has 0 saturated heterocycles. The number of rotatable bonds is 0. The quantitative estimate of drug-likeness (QED) is 0.672. The van der Waals surface area contributed by atoms with Crippen molar-refractivity contribution in [1.29, 1.82) is 0 Å². The molecule has 0 amide bonds. The highest BCUT2D eigenvalue weighted by atomic mass is 16.5. The average Bonchev–Trinajstić information content (AvgIpc) is 2.48. The fourth-order valence-electron chi connectivity index (χ4n) is 2.01. The van der Waals surface area contributed by atoms with Crippen LogP contribution in [0.3, 0.4) is 0 Å². The molecule has 2 heterocycles. The molecular formula is C13H12N2O. The summed E-state index contributed by atoms with van der Waals surface area (Å²) in [7, 11) is 0. The van der Waals surface area contributed by atoms with Gasteiger partial charge in [-0.25, -0.2) is 9.97 Å². The van der Waals surface area contributed by atoms with Gasteiger partial charge in [-0.05, 0) is 19.1 Å². The summed E-state index contributed by atoms with van der Waals surface area (Å²) in [5, 5.41) is 0. The van der Waals surface area contributed by atoms with Crippen LogP contribution in [0.1, 0.15) is 11.1 Å². The summed E-state index contributed by atoms with van der Waals surface area (Å²) < 4.78 is 5.72. The fourth-order valence-corrected chi connectivity index (χ4v) is 2.01. The number of aryl methyl sites for hydroxylation is 1. The predicted octanol–water partition coefficient (Wildman–Crippen LogP) is 2.39. The van der Waals surface area contributed by atoms with Gasteiger partial charge in [-0.1, -0.05) is 11.6 Å². The van der Waals surface area contributed by atoms with Crippen molar-refractivity contribution in [1.82, 2.24) is 9.97 Å². The zero-order chi connectivity index (χ0) is 11.0. The summed E-state index contributed by atoms with van der Waals surface area (Å²) in [6.07, 6.45) is 4.34. The maximum atomic E-state index is 5.72. The molecule has 0 unspecified atom stereocenters. The molecule has 1 aliphatic rings. The lowest BCUT2D eigenvalue weighted by Crippen LogP contribution is -1.99. The summed E-state index contributed by atoms with van der Waals surface area (Å²) >= 11 is 0. The van der Waals surface area contributed by atoms with E-state index in [9.17, 15) is 0 Å². The van der Waals surface area contributed by atoms with E-state index < -0.39 is 0 Å². The van der Waals surface area contributed by atoms with Crippen molar-refractivity contribution < 1.29 is 4.74 Å². The molecule has 1 aliphatic heterocycles. The first-order chi connectivity index (χ1) is 7.84. The van der Waals surface area contributed by atoms with Gasteiger partial charge in [-0.15, -0.1) is 0 Å². The van der Waals surface area contributed by atoms with Crippen LogP contribution in [0.5, 0.6) is 5.75 Å². The van der Waals surface area contributed by atoms with Gasteiger partial charge < -0.3 is 4.74 Å². The minimum atomic E-state index is 0.691. The van der Waals surface area contributed by atoms with Crippen LogP contribution in [0.15, 0.2) is 30.7 Å². The number of benzene rings is 1. The topological polar surface area (TPSA) is 35.0 Å². The Morgan fingerprint density at radius 2 is 2.25 bits per heavy atom. The van der Waals surface area contributed by atoms with Gasteiger partial charge in [0.05, 0.1) is 12.3 Å². The molecule has 3 heteroatoms. The largest absolute Gasteiger partial charge is 0.493 e. The van der Waals surface area contributed by atoms with Crippen molar-refractivity contribution in [2.75, 3.05) is 6.61 Å². The Kier molecular flexibility index (Phi) is 2.10. The Morgan fingerprint density at radius 1 is 1.31 bits per heavy atom. The molecule has 3 nitrogen and oxygen atoms in total. The molecule has 80 valence electrons. The number of nitrogens with zero attached hydrogens (tertiary/aromatic N) is 2. The van der Waals surface area contributed by atoms with Gasteiger partial charge in [0.25, 0.3) is 0 Å². The van der Waals surface area contributed by atoms with Gasteiger partial charge >= 0.3 is 0 Å². The number of hydrogen-bond donors (Lipinski definition) is 0. The van der Waals surface area contributed by atoms with E-state index >= 15 is 0 Å². The first kappa shape index (κ1) is 9.33. The van der Waals surface area contributed by atoms with Gasteiger partial charge in [0, 0.05) is 23.7 Å². The van der Waals surface area contributed by atoms with E-state index in [4.69, 9.17) is 4.74 Å². The third-order valence-electron chi connectivity index (χ3n) is 2.81. The number of hydrogen-bond acceptors (Lipinski definition) is 3. The average molecular weight is 212 g/mol. The monoisotopic (exact) mass is 212 g/mol. The van der Waals surface area contributed by atoms with Gasteiger partial charge in [-0.3, -0.25) is 0 Å². The summed E-state index contributed by atoms with van der Waals surface area (Å²) in [5.41, 5.74) is 4.46. The summed E-state index contributed by atoms with van der Waals surface area (Å²) in [4.78, 5) is 8.44. The standard InChI is InChI=1S/C13H12N2O/c1-9-2-3-12-11(6-9)13-10(4-5-16-12)7-14-8-15-13/h2-3,6-8H,4-5H2,1H3. The van der Waals surface area contributed by atoms with Crippen molar-refractivity contribution in [2.45, 2.75) is 13.3 Å². The van der Waals surface area contributed by atoms with Crippen molar-refractivity contribution in [3.05, 3.63) is 41.9 Å². The SMILES string of the molecule is Cc1ccc2c(c1)-c1ncncc1CCO2. The molecule has 0 saturated carbocycles.